The first-order chi connectivity index (χ1) is 8.35. The van der Waals surface area contributed by atoms with Gasteiger partial charge in [0, 0.05) is 0 Å². The highest BCUT2D eigenvalue weighted by molar-refractivity contribution is 5.01. The number of unbranched alkanes of at least 4 members (excludes halogenated alkanes) is 8. The molecule has 0 aliphatic heterocycles. The van der Waals surface area contributed by atoms with Crippen LogP contribution in [0.15, 0.2) is 11.6 Å². The summed E-state index contributed by atoms with van der Waals surface area (Å²) in [7, 11) is 0. The Kier molecular flexibility index (Phi) is 13.5. The molecule has 0 aromatic carbocycles. The predicted molar refractivity (Wildman–Crippen MR) is 77.3 cm³/mol. The van der Waals surface area contributed by atoms with Crippen LogP contribution in [0.1, 0.15) is 84.5 Å². The fourth-order valence-corrected chi connectivity index (χ4v) is 2.08. The molecule has 0 bridgehead atoms. The van der Waals surface area contributed by atoms with Crippen molar-refractivity contribution in [1.29, 1.82) is 0 Å². The minimum Gasteiger partial charge on any atom is -0.392 e. The quantitative estimate of drug-likeness (QED) is 0.365. The summed E-state index contributed by atoms with van der Waals surface area (Å²) in [6.45, 7) is 4.75. The molecule has 0 unspecified atom stereocenters. The van der Waals surface area contributed by atoms with Crippen molar-refractivity contribution in [3.63, 3.8) is 0 Å². The van der Waals surface area contributed by atoms with E-state index < -0.39 is 0 Å². The lowest BCUT2D eigenvalue weighted by molar-refractivity contribution is 0.324. The van der Waals surface area contributed by atoms with Crippen molar-refractivity contribution in [3.8, 4) is 0 Å². The maximum atomic E-state index is 9.26. The molecule has 0 atom stereocenters. The van der Waals surface area contributed by atoms with E-state index in [4.69, 9.17) is 0 Å². The lowest BCUT2D eigenvalue weighted by atomic mass is 10.0. The van der Waals surface area contributed by atoms with Crippen molar-refractivity contribution in [2.75, 3.05) is 6.61 Å². The van der Waals surface area contributed by atoms with Gasteiger partial charge in [-0.25, -0.2) is 0 Å². The Hall–Kier alpha value is -0.300. The van der Waals surface area contributed by atoms with Crippen LogP contribution >= 0.6 is 0 Å². The van der Waals surface area contributed by atoms with Crippen molar-refractivity contribution in [2.45, 2.75) is 84.5 Å². The van der Waals surface area contributed by atoms with Crippen LogP contribution in [0.2, 0.25) is 0 Å². The zero-order chi connectivity index (χ0) is 12.8. The Morgan fingerprint density at radius 2 is 1.41 bits per heavy atom. The summed E-state index contributed by atoms with van der Waals surface area (Å²) in [6, 6.07) is 0. The van der Waals surface area contributed by atoms with E-state index in [9.17, 15) is 5.11 Å². The van der Waals surface area contributed by atoms with Crippen LogP contribution in [0.25, 0.3) is 0 Å². The minimum atomic E-state index is 0.265. The topological polar surface area (TPSA) is 20.2 Å². The summed E-state index contributed by atoms with van der Waals surface area (Å²) in [5, 5.41) is 9.26. The average molecular weight is 240 g/mol. The molecule has 0 fully saturated rings. The molecule has 0 saturated heterocycles. The van der Waals surface area contributed by atoms with Gasteiger partial charge in [-0.1, -0.05) is 64.9 Å². The third-order valence-electron chi connectivity index (χ3n) is 3.30. The van der Waals surface area contributed by atoms with E-state index in [-0.39, 0.29) is 6.61 Å². The molecule has 0 spiro atoms. The first-order valence-electron chi connectivity index (χ1n) is 7.63. The fourth-order valence-electron chi connectivity index (χ4n) is 2.08. The van der Waals surface area contributed by atoms with Crippen LogP contribution in [0, 0.1) is 0 Å². The molecule has 0 heterocycles. The van der Waals surface area contributed by atoms with Gasteiger partial charge in [-0.15, -0.1) is 0 Å². The molecule has 0 aliphatic rings. The highest BCUT2D eigenvalue weighted by Gasteiger charge is 1.96. The Morgan fingerprint density at radius 1 is 0.824 bits per heavy atom. The monoisotopic (exact) mass is 240 g/mol. The Balaban J connectivity index is 3.48. The second-order valence-electron chi connectivity index (χ2n) is 5.03. The molecule has 1 heteroatoms. The molecule has 1 nitrogen and oxygen atoms in total. The molecular formula is C16H32O. The van der Waals surface area contributed by atoms with Gasteiger partial charge in [-0.2, -0.15) is 0 Å². The SMILES string of the molecule is CCCCCCC/C=C(/CO)CCCCCC. The molecule has 0 aromatic rings. The zero-order valence-electron chi connectivity index (χ0n) is 12.0. The van der Waals surface area contributed by atoms with Crippen molar-refractivity contribution in [1.82, 2.24) is 0 Å². The fraction of sp³-hybridized carbons (Fsp3) is 0.875. The lowest BCUT2D eigenvalue weighted by Gasteiger charge is -2.04. The molecule has 17 heavy (non-hydrogen) atoms. The van der Waals surface area contributed by atoms with Gasteiger partial charge in [-0.3, -0.25) is 0 Å². The van der Waals surface area contributed by atoms with Crippen molar-refractivity contribution in [2.24, 2.45) is 0 Å². The van der Waals surface area contributed by atoms with Crippen LogP contribution in [-0.2, 0) is 0 Å². The highest BCUT2D eigenvalue weighted by Crippen LogP contribution is 2.12. The number of aliphatic hydroxyl groups is 1. The average Bonchev–Trinajstić information content (AvgIpc) is 2.36. The molecule has 0 amide bonds. The predicted octanol–water partition coefficient (Wildman–Crippen LogP) is 5.24. The van der Waals surface area contributed by atoms with Crippen LogP contribution < -0.4 is 0 Å². The molecule has 0 aromatic heterocycles. The van der Waals surface area contributed by atoms with Gasteiger partial charge in [0.05, 0.1) is 6.61 Å². The maximum Gasteiger partial charge on any atom is 0.0641 e. The number of hydrogen-bond acceptors (Lipinski definition) is 1. The summed E-state index contributed by atoms with van der Waals surface area (Å²) in [5.41, 5.74) is 1.26. The maximum absolute atomic E-state index is 9.26. The largest absolute Gasteiger partial charge is 0.392 e. The van der Waals surface area contributed by atoms with Crippen molar-refractivity contribution >= 4 is 0 Å². The summed E-state index contributed by atoms with van der Waals surface area (Å²) in [4.78, 5) is 0. The summed E-state index contributed by atoms with van der Waals surface area (Å²) < 4.78 is 0. The highest BCUT2D eigenvalue weighted by atomic mass is 16.3. The van der Waals surface area contributed by atoms with Gasteiger partial charge in [0.1, 0.15) is 0 Å². The summed E-state index contributed by atoms with van der Waals surface area (Å²) in [5.74, 6) is 0. The molecule has 102 valence electrons. The number of rotatable bonds is 12. The minimum absolute atomic E-state index is 0.265. The molecular weight excluding hydrogens is 208 g/mol. The van der Waals surface area contributed by atoms with E-state index in [1.165, 1.54) is 63.4 Å². The van der Waals surface area contributed by atoms with Gasteiger partial charge in [-0.05, 0) is 31.3 Å². The second-order valence-corrected chi connectivity index (χ2v) is 5.03. The van der Waals surface area contributed by atoms with E-state index >= 15 is 0 Å². The summed E-state index contributed by atoms with van der Waals surface area (Å²) in [6.07, 6.45) is 16.4. The van der Waals surface area contributed by atoms with Crippen molar-refractivity contribution in [3.05, 3.63) is 11.6 Å². The third-order valence-corrected chi connectivity index (χ3v) is 3.30. The van der Waals surface area contributed by atoms with E-state index in [1.54, 1.807) is 0 Å². The number of hydrogen-bond donors (Lipinski definition) is 1. The van der Waals surface area contributed by atoms with E-state index in [2.05, 4.69) is 19.9 Å². The van der Waals surface area contributed by atoms with Gasteiger partial charge in [0.15, 0.2) is 0 Å². The van der Waals surface area contributed by atoms with Gasteiger partial charge in [0.2, 0.25) is 0 Å². The Bertz CT molecular complexity index is 172. The van der Waals surface area contributed by atoms with Crippen LogP contribution in [0.5, 0.6) is 0 Å². The first-order valence-corrected chi connectivity index (χ1v) is 7.63. The van der Waals surface area contributed by atoms with Crippen LogP contribution in [-0.4, -0.2) is 11.7 Å². The first kappa shape index (κ1) is 16.7. The van der Waals surface area contributed by atoms with E-state index in [0.717, 1.165) is 12.8 Å². The summed E-state index contributed by atoms with van der Waals surface area (Å²) >= 11 is 0. The lowest BCUT2D eigenvalue weighted by Crippen LogP contribution is -1.91. The zero-order valence-corrected chi connectivity index (χ0v) is 12.0. The van der Waals surface area contributed by atoms with Gasteiger partial charge in [0.25, 0.3) is 0 Å². The molecule has 0 saturated carbocycles. The Morgan fingerprint density at radius 3 is 2.00 bits per heavy atom. The molecule has 0 aliphatic carbocycles. The normalized spacial score (nSPS) is 12.1. The molecule has 1 N–H and O–H groups in total. The van der Waals surface area contributed by atoms with Gasteiger partial charge >= 0.3 is 0 Å². The van der Waals surface area contributed by atoms with Crippen LogP contribution in [0.4, 0.5) is 0 Å². The smallest absolute Gasteiger partial charge is 0.0641 e. The number of aliphatic hydroxyl groups excluding tert-OH is 1. The van der Waals surface area contributed by atoms with Crippen molar-refractivity contribution < 1.29 is 5.11 Å². The Labute approximate surface area is 108 Å². The molecule has 0 radical (unpaired) electrons. The van der Waals surface area contributed by atoms with Crippen LogP contribution in [0.3, 0.4) is 0 Å². The van der Waals surface area contributed by atoms with Gasteiger partial charge < -0.3 is 5.11 Å². The number of allylic oxidation sites excluding steroid dienone is 1. The molecule has 0 rings (SSSR count). The third kappa shape index (κ3) is 12.0. The second kappa shape index (κ2) is 13.8. The van der Waals surface area contributed by atoms with E-state index in [0.29, 0.717) is 0 Å². The van der Waals surface area contributed by atoms with E-state index in [1.807, 2.05) is 0 Å². The standard InChI is InChI=1S/C16H32O/c1-3-5-7-9-10-12-14-16(15-17)13-11-8-6-4-2/h14,17H,3-13,15H2,1-2H3/b16-14+.